The van der Waals surface area contributed by atoms with Crippen molar-refractivity contribution in [3.63, 3.8) is 0 Å². The van der Waals surface area contributed by atoms with Gasteiger partial charge in [0.05, 0.1) is 13.2 Å². The van der Waals surface area contributed by atoms with Crippen LogP contribution >= 0.6 is 11.6 Å². The lowest BCUT2D eigenvalue weighted by Crippen LogP contribution is -2.46. The standard InChI is InChI=1S/C12H20ClNO2/c1-2-10(13)12(15)14-6-7-16-8-9-4-3-5-11(9)14/h9-11H,2-8H2,1H3/t9-,10-,11+/m0/s1. The first-order valence-corrected chi connectivity index (χ1v) is 6.70. The lowest BCUT2D eigenvalue weighted by molar-refractivity contribution is -0.133. The van der Waals surface area contributed by atoms with Crippen molar-refractivity contribution in [3.05, 3.63) is 0 Å². The molecule has 1 saturated carbocycles. The van der Waals surface area contributed by atoms with Crippen molar-refractivity contribution >= 4 is 17.5 Å². The fraction of sp³-hybridized carbons (Fsp3) is 0.917. The van der Waals surface area contributed by atoms with Gasteiger partial charge in [0, 0.05) is 18.5 Å². The zero-order valence-corrected chi connectivity index (χ0v) is 10.6. The van der Waals surface area contributed by atoms with Gasteiger partial charge in [-0.1, -0.05) is 13.3 Å². The Bertz CT molecular complexity index is 259. The van der Waals surface area contributed by atoms with E-state index in [4.69, 9.17) is 16.3 Å². The predicted octanol–water partition coefficient (Wildman–Crippen LogP) is 2.03. The van der Waals surface area contributed by atoms with Gasteiger partial charge in [-0.25, -0.2) is 0 Å². The van der Waals surface area contributed by atoms with Gasteiger partial charge in [0.2, 0.25) is 5.91 Å². The van der Waals surface area contributed by atoms with Crippen molar-refractivity contribution in [2.75, 3.05) is 19.8 Å². The second-order valence-electron chi connectivity index (χ2n) is 4.74. The molecule has 92 valence electrons. The lowest BCUT2D eigenvalue weighted by atomic mass is 10.0. The first-order chi connectivity index (χ1) is 7.74. The number of nitrogens with zero attached hydrogens (tertiary/aromatic N) is 1. The third kappa shape index (κ3) is 2.35. The van der Waals surface area contributed by atoms with Crippen molar-refractivity contribution in [3.8, 4) is 0 Å². The summed E-state index contributed by atoms with van der Waals surface area (Å²) in [5, 5.41) is -0.362. The van der Waals surface area contributed by atoms with Crippen molar-refractivity contribution < 1.29 is 9.53 Å². The summed E-state index contributed by atoms with van der Waals surface area (Å²) in [5.74, 6) is 0.638. The van der Waals surface area contributed by atoms with E-state index in [1.165, 1.54) is 12.8 Å². The van der Waals surface area contributed by atoms with E-state index in [1.807, 2.05) is 11.8 Å². The molecule has 1 aliphatic heterocycles. The van der Waals surface area contributed by atoms with Gasteiger partial charge in [-0.05, 0) is 19.3 Å². The van der Waals surface area contributed by atoms with Gasteiger partial charge in [-0.3, -0.25) is 4.79 Å². The average Bonchev–Trinajstić information content (AvgIpc) is 2.67. The molecule has 16 heavy (non-hydrogen) atoms. The number of carbonyl (C=O) groups is 1. The van der Waals surface area contributed by atoms with Gasteiger partial charge in [-0.2, -0.15) is 0 Å². The summed E-state index contributed by atoms with van der Waals surface area (Å²) in [4.78, 5) is 14.1. The minimum Gasteiger partial charge on any atom is -0.379 e. The molecule has 1 saturated heterocycles. The summed E-state index contributed by atoms with van der Waals surface area (Å²) in [6.45, 7) is 4.14. The van der Waals surface area contributed by atoms with Crippen molar-refractivity contribution in [1.29, 1.82) is 0 Å². The fourth-order valence-electron chi connectivity index (χ4n) is 2.81. The minimum absolute atomic E-state index is 0.103. The SMILES string of the molecule is CC[C@H](Cl)C(=O)N1CCOC[C@@H]2CCC[C@H]21. The topological polar surface area (TPSA) is 29.5 Å². The molecule has 2 fully saturated rings. The van der Waals surface area contributed by atoms with Gasteiger partial charge in [0.15, 0.2) is 0 Å². The summed E-state index contributed by atoms with van der Waals surface area (Å²) in [5.41, 5.74) is 0. The van der Waals surface area contributed by atoms with E-state index < -0.39 is 0 Å². The number of ether oxygens (including phenoxy) is 1. The number of alkyl halides is 1. The second-order valence-corrected chi connectivity index (χ2v) is 5.27. The number of rotatable bonds is 2. The Kier molecular flexibility index (Phi) is 4.09. The zero-order chi connectivity index (χ0) is 11.5. The monoisotopic (exact) mass is 245 g/mol. The Hall–Kier alpha value is -0.280. The van der Waals surface area contributed by atoms with E-state index >= 15 is 0 Å². The van der Waals surface area contributed by atoms with E-state index in [2.05, 4.69) is 0 Å². The van der Waals surface area contributed by atoms with Crippen LogP contribution in [-0.2, 0) is 9.53 Å². The summed E-state index contributed by atoms with van der Waals surface area (Å²) in [7, 11) is 0. The Labute approximate surface area is 102 Å². The summed E-state index contributed by atoms with van der Waals surface area (Å²) >= 11 is 6.06. The molecule has 1 heterocycles. The van der Waals surface area contributed by atoms with E-state index in [-0.39, 0.29) is 11.3 Å². The number of fused-ring (bicyclic) bond motifs is 1. The van der Waals surface area contributed by atoms with Crippen molar-refractivity contribution in [2.24, 2.45) is 5.92 Å². The number of hydrogen-bond donors (Lipinski definition) is 0. The molecule has 4 heteroatoms. The molecule has 1 amide bonds. The smallest absolute Gasteiger partial charge is 0.240 e. The van der Waals surface area contributed by atoms with Gasteiger partial charge < -0.3 is 9.64 Å². The molecule has 0 aromatic rings. The van der Waals surface area contributed by atoms with E-state index in [9.17, 15) is 4.79 Å². The molecule has 2 rings (SSSR count). The highest BCUT2D eigenvalue weighted by molar-refractivity contribution is 6.30. The number of amides is 1. The van der Waals surface area contributed by atoms with E-state index in [0.29, 0.717) is 31.5 Å². The summed E-state index contributed by atoms with van der Waals surface area (Å²) < 4.78 is 5.57. The molecule has 0 N–H and O–H groups in total. The first-order valence-electron chi connectivity index (χ1n) is 6.26. The van der Waals surface area contributed by atoms with Crippen molar-refractivity contribution in [2.45, 2.75) is 44.0 Å². The first kappa shape index (κ1) is 12.2. The van der Waals surface area contributed by atoms with Crippen LogP contribution in [0.25, 0.3) is 0 Å². The highest BCUT2D eigenvalue weighted by Crippen LogP contribution is 2.32. The van der Waals surface area contributed by atoms with Crippen LogP contribution in [0.2, 0.25) is 0 Å². The highest BCUT2D eigenvalue weighted by Gasteiger charge is 2.37. The predicted molar refractivity (Wildman–Crippen MR) is 63.6 cm³/mol. The molecule has 0 unspecified atom stereocenters. The van der Waals surface area contributed by atoms with Crippen LogP contribution in [0.15, 0.2) is 0 Å². The van der Waals surface area contributed by atoms with Crippen LogP contribution in [0, 0.1) is 5.92 Å². The van der Waals surface area contributed by atoms with Crippen LogP contribution in [0.5, 0.6) is 0 Å². The molecule has 0 bridgehead atoms. The lowest BCUT2D eigenvalue weighted by Gasteiger charge is -2.31. The highest BCUT2D eigenvalue weighted by atomic mass is 35.5. The fourth-order valence-corrected chi connectivity index (χ4v) is 2.94. The molecule has 1 aliphatic carbocycles. The Morgan fingerprint density at radius 3 is 3.12 bits per heavy atom. The van der Waals surface area contributed by atoms with Crippen LogP contribution in [0.3, 0.4) is 0 Å². The second kappa shape index (κ2) is 5.37. The van der Waals surface area contributed by atoms with Gasteiger partial charge in [-0.15, -0.1) is 11.6 Å². The maximum Gasteiger partial charge on any atom is 0.240 e. The Morgan fingerprint density at radius 2 is 2.38 bits per heavy atom. The summed E-state index contributed by atoms with van der Waals surface area (Å²) in [6, 6.07) is 0.378. The maximum atomic E-state index is 12.2. The van der Waals surface area contributed by atoms with Gasteiger partial charge in [0.25, 0.3) is 0 Å². The molecular formula is C12H20ClNO2. The average molecular weight is 246 g/mol. The third-order valence-corrected chi connectivity index (χ3v) is 4.23. The van der Waals surface area contributed by atoms with E-state index in [1.54, 1.807) is 0 Å². The molecule has 0 aromatic heterocycles. The van der Waals surface area contributed by atoms with Crippen LogP contribution in [-0.4, -0.2) is 42.0 Å². The largest absolute Gasteiger partial charge is 0.379 e. The molecule has 3 atom stereocenters. The third-order valence-electron chi connectivity index (χ3n) is 3.74. The normalized spacial score (nSPS) is 32.0. The molecule has 2 aliphatic rings. The molecule has 3 nitrogen and oxygen atoms in total. The molecule has 0 aromatic carbocycles. The number of carbonyl (C=O) groups excluding carboxylic acids is 1. The summed E-state index contributed by atoms with van der Waals surface area (Å²) in [6.07, 6.45) is 4.22. The van der Waals surface area contributed by atoms with Crippen LogP contribution in [0.4, 0.5) is 0 Å². The molecule has 0 spiro atoms. The zero-order valence-electron chi connectivity index (χ0n) is 9.82. The number of hydrogen-bond acceptors (Lipinski definition) is 2. The Balaban J connectivity index is 2.08. The Morgan fingerprint density at radius 1 is 1.56 bits per heavy atom. The van der Waals surface area contributed by atoms with Gasteiger partial charge in [0.1, 0.15) is 5.38 Å². The van der Waals surface area contributed by atoms with Gasteiger partial charge >= 0.3 is 0 Å². The quantitative estimate of drug-likeness (QED) is 0.697. The molecular weight excluding hydrogens is 226 g/mol. The number of halogens is 1. The van der Waals surface area contributed by atoms with Crippen LogP contribution in [0.1, 0.15) is 32.6 Å². The van der Waals surface area contributed by atoms with Crippen LogP contribution < -0.4 is 0 Å². The van der Waals surface area contributed by atoms with E-state index in [0.717, 1.165) is 13.0 Å². The van der Waals surface area contributed by atoms with Crippen molar-refractivity contribution in [1.82, 2.24) is 4.90 Å². The maximum absolute atomic E-state index is 12.2. The molecule has 0 radical (unpaired) electrons. The minimum atomic E-state index is -0.362.